The molecular formula is C24H29N4O4+. The summed E-state index contributed by atoms with van der Waals surface area (Å²) in [7, 11) is 1.59. The summed E-state index contributed by atoms with van der Waals surface area (Å²) in [4.78, 5) is 15.2. The number of rotatable bonds is 6. The number of hydrogen-bond acceptors (Lipinski definition) is 6. The Bertz CT molecular complexity index is 1110. The highest BCUT2D eigenvalue weighted by atomic mass is 16.5. The first kappa shape index (κ1) is 21.9. The molecule has 1 aromatic heterocycles. The summed E-state index contributed by atoms with van der Waals surface area (Å²) in [5.41, 5.74) is 8.23. The predicted molar refractivity (Wildman–Crippen MR) is 119 cm³/mol. The summed E-state index contributed by atoms with van der Waals surface area (Å²) < 4.78 is 18.2. The number of nitrogens with one attached hydrogen (secondary N) is 1. The van der Waals surface area contributed by atoms with E-state index in [1.165, 1.54) is 4.90 Å². The second-order valence-electron chi connectivity index (χ2n) is 8.18. The molecular weight excluding hydrogens is 408 g/mol. The van der Waals surface area contributed by atoms with Gasteiger partial charge >= 0.3 is 0 Å². The van der Waals surface area contributed by atoms with Crippen molar-refractivity contribution in [3.63, 3.8) is 0 Å². The van der Waals surface area contributed by atoms with Crippen LogP contribution in [0.3, 0.4) is 0 Å². The number of fused-ring (bicyclic) bond motifs is 1. The molecule has 0 unspecified atom stereocenters. The van der Waals surface area contributed by atoms with Crippen LogP contribution < -0.4 is 25.7 Å². The molecule has 2 aromatic rings. The van der Waals surface area contributed by atoms with Crippen LogP contribution in [0.2, 0.25) is 0 Å². The number of nitrogens with two attached hydrogens (primary N) is 1. The average molecular weight is 438 g/mol. The predicted octanol–water partition coefficient (Wildman–Crippen LogP) is 0.689. The van der Waals surface area contributed by atoms with Crippen LogP contribution in [0.4, 0.5) is 0 Å². The number of allylic oxidation sites excluding steroid dienone is 1. The van der Waals surface area contributed by atoms with Crippen molar-refractivity contribution in [1.29, 1.82) is 5.26 Å². The molecule has 0 radical (unpaired) electrons. The van der Waals surface area contributed by atoms with Gasteiger partial charge in [0, 0.05) is 24.7 Å². The lowest BCUT2D eigenvalue weighted by Crippen LogP contribution is -3.14. The molecule has 1 aromatic carbocycles. The number of benzene rings is 1. The lowest BCUT2D eigenvalue weighted by atomic mass is 9.84. The van der Waals surface area contributed by atoms with Crippen molar-refractivity contribution < 1.29 is 19.1 Å². The molecule has 0 amide bonds. The van der Waals surface area contributed by atoms with Gasteiger partial charge in [0.2, 0.25) is 5.88 Å². The highest BCUT2D eigenvalue weighted by molar-refractivity contribution is 5.55. The summed E-state index contributed by atoms with van der Waals surface area (Å²) in [5.74, 6) is 0.565. The van der Waals surface area contributed by atoms with E-state index in [9.17, 15) is 10.1 Å². The molecule has 3 N–H and O–H groups in total. The smallest absolute Gasteiger partial charge is 0.258 e. The maximum atomic E-state index is 13.7. The van der Waals surface area contributed by atoms with Crippen molar-refractivity contribution in [2.75, 3.05) is 40.0 Å². The molecule has 0 aliphatic carbocycles. The first-order chi connectivity index (χ1) is 15.5. The average Bonchev–Trinajstić information content (AvgIpc) is 2.81. The Kier molecular flexibility index (Phi) is 6.49. The number of hydrogen-bond donors (Lipinski definition) is 2. The second kappa shape index (κ2) is 9.47. The normalized spacial score (nSPS) is 18.6. The first-order valence-electron chi connectivity index (χ1n) is 10.9. The van der Waals surface area contributed by atoms with E-state index in [4.69, 9.17) is 19.9 Å². The van der Waals surface area contributed by atoms with Gasteiger partial charge in [-0.2, -0.15) is 5.26 Å². The largest absolute Gasteiger partial charge is 0.497 e. The SMILES string of the molecule is COc1ccc([C@@H]2C(C#N)=C(N)Oc3cc(C)n(CCC[NH+]4CCOCC4)c(=O)c32)cc1. The first-order valence-corrected chi connectivity index (χ1v) is 10.9. The fraction of sp³-hybridized carbons (Fsp3) is 0.417. The van der Waals surface area contributed by atoms with Gasteiger partial charge in [-0.1, -0.05) is 12.1 Å². The van der Waals surface area contributed by atoms with Crippen molar-refractivity contribution >= 4 is 0 Å². The summed E-state index contributed by atoms with van der Waals surface area (Å²) >= 11 is 0. The number of nitriles is 1. The Morgan fingerprint density at radius 3 is 2.66 bits per heavy atom. The summed E-state index contributed by atoms with van der Waals surface area (Å²) in [6.07, 6.45) is 0.881. The molecule has 3 heterocycles. The van der Waals surface area contributed by atoms with E-state index in [1.807, 2.05) is 37.3 Å². The van der Waals surface area contributed by atoms with Gasteiger partial charge in [0.05, 0.1) is 38.3 Å². The quantitative estimate of drug-likeness (QED) is 0.689. The van der Waals surface area contributed by atoms with Crippen molar-refractivity contribution in [3.8, 4) is 17.6 Å². The molecule has 1 atom stereocenters. The third-order valence-electron chi connectivity index (χ3n) is 6.25. The van der Waals surface area contributed by atoms with Gasteiger partial charge in [-0.15, -0.1) is 0 Å². The summed E-state index contributed by atoms with van der Waals surface area (Å²) in [5, 5.41) is 9.81. The number of morpholine rings is 1. The molecule has 0 bridgehead atoms. The molecule has 0 spiro atoms. The van der Waals surface area contributed by atoms with E-state index in [0.29, 0.717) is 23.6 Å². The van der Waals surface area contributed by atoms with Crippen molar-refractivity contribution in [2.24, 2.45) is 5.73 Å². The molecule has 1 fully saturated rings. The minimum Gasteiger partial charge on any atom is -0.497 e. The van der Waals surface area contributed by atoms with E-state index < -0.39 is 5.92 Å². The van der Waals surface area contributed by atoms with Gasteiger partial charge in [0.1, 0.15) is 36.2 Å². The van der Waals surface area contributed by atoms with Gasteiger partial charge in [-0.05, 0) is 24.6 Å². The van der Waals surface area contributed by atoms with Crippen molar-refractivity contribution in [1.82, 2.24) is 4.57 Å². The zero-order chi connectivity index (χ0) is 22.7. The Hall–Kier alpha value is -3.28. The third kappa shape index (κ3) is 4.22. The fourth-order valence-corrected chi connectivity index (χ4v) is 4.49. The van der Waals surface area contributed by atoms with E-state index in [1.54, 1.807) is 11.7 Å². The van der Waals surface area contributed by atoms with Gasteiger partial charge < -0.3 is 29.4 Å². The lowest BCUT2D eigenvalue weighted by molar-refractivity contribution is -0.908. The highest BCUT2D eigenvalue weighted by Crippen LogP contribution is 2.40. The molecule has 168 valence electrons. The van der Waals surface area contributed by atoms with E-state index in [0.717, 1.165) is 50.5 Å². The van der Waals surface area contributed by atoms with Crippen LogP contribution in [0.15, 0.2) is 46.6 Å². The number of methoxy groups -OCH3 is 1. The zero-order valence-electron chi connectivity index (χ0n) is 18.5. The minimum absolute atomic E-state index is 0.0354. The number of nitrogens with zero attached hydrogens (tertiary/aromatic N) is 2. The second-order valence-corrected chi connectivity index (χ2v) is 8.18. The van der Waals surface area contributed by atoms with Crippen LogP contribution in [-0.4, -0.2) is 44.5 Å². The number of aromatic nitrogens is 1. The van der Waals surface area contributed by atoms with Crippen LogP contribution in [0, 0.1) is 18.3 Å². The molecule has 8 heteroatoms. The van der Waals surface area contributed by atoms with Crippen LogP contribution in [0.5, 0.6) is 11.5 Å². The van der Waals surface area contributed by atoms with E-state index in [2.05, 4.69) is 6.07 Å². The monoisotopic (exact) mass is 437 g/mol. The number of quaternary nitrogens is 1. The van der Waals surface area contributed by atoms with Gasteiger partial charge in [0.25, 0.3) is 5.56 Å². The number of ether oxygens (including phenoxy) is 3. The minimum atomic E-state index is -0.584. The molecule has 1 saturated heterocycles. The van der Waals surface area contributed by atoms with E-state index in [-0.39, 0.29) is 17.0 Å². The van der Waals surface area contributed by atoms with Crippen molar-refractivity contribution in [3.05, 3.63) is 69.0 Å². The number of pyridine rings is 1. The molecule has 2 aliphatic rings. The summed E-state index contributed by atoms with van der Waals surface area (Å²) in [6.45, 7) is 7.08. The Morgan fingerprint density at radius 2 is 2.00 bits per heavy atom. The Balaban J connectivity index is 1.69. The molecule has 0 saturated carbocycles. The van der Waals surface area contributed by atoms with Crippen LogP contribution in [0.1, 0.15) is 29.2 Å². The lowest BCUT2D eigenvalue weighted by Gasteiger charge is -2.28. The number of aryl methyl sites for hydroxylation is 1. The maximum absolute atomic E-state index is 13.7. The standard InChI is InChI=1S/C24H28N4O4/c1-16-14-20-22(24(29)28(16)9-3-8-27-10-12-31-13-11-27)21(19(15-25)23(26)32-20)17-4-6-18(30-2)7-5-17/h4-7,14,21H,3,8-13,26H2,1-2H3/p+1/t21-/m1/s1. The highest BCUT2D eigenvalue weighted by Gasteiger charge is 2.34. The van der Waals surface area contributed by atoms with Gasteiger partial charge in [-0.25, -0.2) is 0 Å². The maximum Gasteiger partial charge on any atom is 0.258 e. The molecule has 8 nitrogen and oxygen atoms in total. The third-order valence-corrected chi connectivity index (χ3v) is 6.25. The topological polar surface area (TPSA) is 104 Å². The Labute approximate surface area is 187 Å². The fourth-order valence-electron chi connectivity index (χ4n) is 4.49. The van der Waals surface area contributed by atoms with Crippen molar-refractivity contribution in [2.45, 2.75) is 25.8 Å². The van der Waals surface area contributed by atoms with Gasteiger partial charge in [-0.3, -0.25) is 4.79 Å². The molecule has 32 heavy (non-hydrogen) atoms. The zero-order valence-corrected chi connectivity index (χ0v) is 18.5. The van der Waals surface area contributed by atoms with Gasteiger partial charge in [0.15, 0.2) is 0 Å². The Morgan fingerprint density at radius 1 is 1.28 bits per heavy atom. The summed E-state index contributed by atoms with van der Waals surface area (Å²) in [6, 6.07) is 11.3. The molecule has 2 aliphatic heterocycles. The van der Waals surface area contributed by atoms with Crippen LogP contribution in [0.25, 0.3) is 0 Å². The molecule has 4 rings (SSSR count). The van der Waals surface area contributed by atoms with Crippen LogP contribution >= 0.6 is 0 Å². The van der Waals surface area contributed by atoms with E-state index >= 15 is 0 Å². The van der Waals surface area contributed by atoms with Crippen LogP contribution in [-0.2, 0) is 11.3 Å².